The van der Waals surface area contributed by atoms with Crippen LogP contribution in [0.2, 0.25) is 0 Å². The monoisotopic (exact) mass is 447 g/mol. The van der Waals surface area contributed by atoms with Gasteiger partial charge in [-0.05, 0) is 24.3 Å². The van der Waals surface area contributed by atoms with E-state index in [1.807, 2.05) is 6.07 Å². The lowest BCUT2D eigenvalue weighted by Gasteiger charge is -2.18. The van der Waals surface area contributed by atoms with E-state index in [2.05, 4.69) is 10.1 Å². The molecule has 4 rings (SSSR count). The summed E-state index contributed by atoms with van der Waals surface area (Å²) < 4.78 is 54.8. The Morgan fingerprint density at radius 2 is 1.97 bits per heavy atom. The van der Waals surface area contributed by atoms with E-state index in [0.717, 1.165) is 17.7 Å². The second-order valence-corrected chi connectivity index (χ2v) is 7.39. The van der Waals surface area contributed by atoms with Crippen molar-refractivity contribution in [3.63, 3.8) is 0 Å². The van der Waals surface area contributed by atoms with E-state index < -0.39 is 11.7 Å². The first-order valence-electron chi connectivity index (χ1n) is 9.78. The first-order chi connectivity index (χ1) is 15.3. The molecule has 0 bridgehead atoms. The highest BCUT2D eigenvalue weighted by Crippen LogP contribution is 2.34. The smallest absolute Gasteiger partial charge is 0.416 e. The molecule has 2 aromatic carbocycles. The Hall–Kier alpha value is -3.56. The van der Waals surface area contributed by atoms with Gasteiger partial charge in [0.2, 0.25) is 17.6 Å². The van der Waals surface area contributed by atoms with Crippen LogP contribution in [-0.4, -0.2) is 41.7 Å². The van der Waals surface area contributed by atoms with Crippen LogP contribution >= 0.6 is 0 Å². The molecule has 1 aliphatic rings. The highest BCUT2D eigenvalue weighted by atomic mass is 19.4. The van der Waals surface area contributed by atoms with Crippen molar-refractivity contribution in [2.24, 2.45) is 0 Å². The summed E-state index contributed by atoms with van der Waals surface area (Å²) in [4.78, 5) is 18.5. The van der Waals surface area contributed by atoms with Gasteiger partial charge in [-0.1, -0.05) is 17.3 Å². The second kappa shape index (κ2) is 8.52. The molecular weight excluding hydrogens is 427 g/mol. The van der Waals surface area contributed by atoms with Gasteiger partial charge in [-0.25, -0.2) is 0 Å². The molecular formula is C22H20F3N3O4. The Bertz CT molecular complexity index is 1130. The van der Waals surface area contributed by atoms with Crippen molar-refractivity contribution in [1.29, 1.82) is 0 Å². The van der Waals surface area contributed by atoms with E-state index in [-0.39, 0.29) is 35.5 Å². The van der Waals surface area contributed by atoms with Crippen molar-refractivity contribution in [2.45, 2.75) is 25.1 Å². The molecule has 168 valence electrons. The minimum Gasteiger partial charge on any atom is -0.497 e. The van der Waals surface area contributed by atoms with Crippen molar-refractivity contribution in [2.75, 3.05) is 20.8 Å². The SMILES string of the molecule is COc1ccc(CN2CC(c3nc(-c4cccc(C(F)(F)F)c4)no3)CC2=O)c(OC)c1. The summed E-state index contributed by atoms with van der Waals surface area (Å²) >= 11 is 0. The lowest BCUT2D eigenvalue weighted by atomic mass is 10.1. The largest absolute Gasteiger partial charge is 0.497 e. The maximum Gasteiger partial charge on any atom is 0.416 e. The number of hydrogen-bond donors (Lipinski definition) is 0. The molecule has 1 amide bonds. The average Bonchev–Trinajstić information content (AvgIpc) is 3.41. The van der Waals surface area contributed by atoms with Gasteiger partial charge >= 0.3 is 6.18 Å². The Balaban J connectivity index is 1.49. The zero-order chi connectivity index (χ0) is 22.9. The van der Waals surface area contributed by atoms with Gasteiger partial charge in [0.15, 0.2) is 0 Å². The molecule has 0 spiro atoms. The van der Waals surface area contributed by atoms with E-state index in [1.165, 1.54) is 12.1 Å². The van der Waals surface area contributed by atoms with E-state index in [1.54, 1.807) is 31.3 Å². The van der Waals surface area contributed by atoms with Crippen molar-refractivity contribution < 1.29 is 32.0 Å². The zero-order valence-electron chi connectivity index (χ0n) is 17.3. The highest BCUT2D eigenvalue weighted by molar-refractivity contribution is 5.79. The molecule has 1 atom stereocenters. The van der Waals surface area contributed by atoms with Crippen LogP contribution < -0.4 is 9.47 Å². The Kier molecular flexibility index (Phi) is 5.77. The second-order valence-electron chi connectivity index (χ2n) is 7.39. The summed E-state index contributed by atoms with van der Waals surface area (Å²) in [6, 6.07) is 10.1. The van der Waals surface area contributed by atoms with Gasteiger partial charge in [0.25, 0.3) is 0 Å². The third-order valence-corrected chi connectivity index (χ3v) is 5.31. The molecule has 3 aromatic rings. The molecule has 1 saturated heterocycles. The van der Waals surface area contributed by atoms with Crippen LogP contribution in [0.25, 0.3) is 11.4 Å². The molecule has 32 heavy (non-hydrogen) atoms. The summed E-state index contributed by atoms with van der Waals surface area (Å²) in [6.45, 7) is 0.676. The van der Waals surface area contributed by atoms with Gasteiger partial charge in [-0.15, -0.1) is 0 Å². The average molecular weight is 447 g/mol. The summed E-state index contributed by atoms with van der Waals surface area (Å²) in [5.74, 6) is 1.07. The number of carbonyl (C=O) groups excluding carboxylic acids is 1. The molecule has 0 radical (unpaired) electrons. The number of hydrogen-bond acceptors (Lipinski definition) is 6. The number of halogens is 3. The normalized spacial score (nSPS) is 16.5. The number of alkyl halides is 3. The minimum atomic E-state index is -4.47. The molecule has 0 saturated carbocycles. The van der Waals surface area contributed by atoms with Crippen LogP contribution in [-0.2, 0) is 17.5 Å². The quantitative estimate of drug-likeness (QED) is 0.561. The Morgan fingerprint density at radius 3 is 2.69 bits per heavy atom. The predicted molar refractivity (Wildman–Crippen MR) is 107 cm³/mol. The van der Waals surface area contributed by atoms with Crippen LogP contribution in [0, 0.1) is 0 Å². The molecule has 7 nitrogen and oxygen atoms in total. The fourth-order valence-electron chi connectivity index (χ4n) is 3.63. The zero-order valence-corrected chi connectivity index (χ0v) is 17.3. The van der Waals surface area contributed by atoms with Crippen LogP contribution in [0.15, 0.2) is 47.0 Å². The lowest BCUT2D eigenvalue weighted by molar-refractivity contribution is -0.137. The Labute approximate surface area is 181 Å². The molecule has 1 fully saturated rings. The third kappa shape index (κ3) is 4.39. The lowest BCUT2D eigenvalue weighted by Crippen LogP contribution is -2.24. The van der Waals surface area contributed by atoms with Gasteiger partial charge in [0, 0.05) is 36.7 Å². The van der Waals surface area contributed by atoms with E-state index in [9.17, 15) is 18.0 Å². The van der Waals surface area contributed by atoms with Gasteiger partial charge in [0.05, 0.1) is 25.7 Å². The minimum absolute atomic E-state index is 0.0498. The van der Waals surface area contributed by atoms with Gasteiger partial charge < -0.3 is 18.9 Å². The number of benzene rings is 2. The number of carbonyl (C=O) groups is 1. The number of aromatic nitrogens is 2. The molecule has 1 aromatic heterocycles. The van der Waals surface area contributed by atoms with Crippen LogP contribution in [0.4, 0.5) is 13.2 Å². The first-order valence-corrected chi connectivity index (χ1v) is 9.78. The molecule has 1 aliphatic heterocycles. The molecule has 0 N–H and O–H groups in total. The van der Waals surface area contributed by atoms with Crippen LogP contribution in [0.3, 0.4) is 0 Å². The molecule has 0 aliphatic carbocycles. The predicted octanol–water partition coefficient (Wildman–Crippen LogP) is 4.29. The molecule has 2 heterocycles. The molecule has 1 unspecified atom stereocenters. The van der Waals surface area contributed by atoms with E-state index in [0.29, 0.717) is 24.6 Å². The standard InChI is InChI=1S/C22H20F3N3O4/c1-30-17-7-6-14(18(10-17)31-2)11-28-12-15(9-19(28)29)21-26-20(27-32-21)13-4-3-5-16(8-13)22(23,24)25/h3-8,10,15H,9,11-12H2,1-2H3. The summed E-state index contributed by atoms with van der Waals surface area (Å²) in [5, 5.41) is 3.82. The van der Waals surface area contributed by atoms with Gasteiger partial charge in [-0.3, -0.25) is 4.79 Å². The van der Waals surface area contributed by atoms with Crippen molar-refractivity contribution in [3.05, 3.63) is 59.5 Å². The number of rotatable bonds is 6. The number of methoxy groups -OCH3 is 2. The van der Waals surface area contributed by atoms with Crippen LogP contribution in [0.5, 0.6) is 11.5 Å². The number of nitrogens with zero attached hydrogens (tertiary/aromatic N) is 3. The van der Waals surface area contributed by atoms with Crippen molar-refractivity contribution >= 4 is 5.91 Å². The fourth-order valence-corrected chi connectivity index (χ4v) is 3.63. The number of ether oxygens (including phenoxy) is 2. The molecule has 10 heteroatoms. The summed E-state index contributed by atoms with van der Waals surface area (Å²) in [7, 11) is 3.10. The highest BCUT2D eigenvalue weighted by Gasteiger charge is 2.35. The third-order valence-electron chi connectivity index (χ3n) is 5.31. The number of amides is 1. The van der Waals surface area contributed by atoms with E-state index in [4.69, 9.17) is 14.0 Å². The fraction of sp³-hybridized carbons (Fsp3) is 0.318. The summed E-state index contributed by atoms with van der Waals surface area (Å²) in [5.41, 5.74) is 0.216. The van der Waals surface area contributed by atoms with Gasteiger partial charge in [0.1, 0.15) is 11.5 Å². The van der Waals surface area contributed by atoms with Crippen molar-refractivity contribution in [3.8, 4) is 22.9 Å². The first kappa shape index (κ1) is 21.7. The summed E-state index contributed by atoms with van der Waals surface area (Å²) in [6.07, 6.45) is -4.30. The maximum atomic E-state index is 13.0. The van der Waals surface area contributed by atoms with Crippen molar-refractivity contribution in [1.82, 2.24) is 15.0 Å². The topological polar surface area (TPSA) is 77.7 Å². The van der Waals surface area contributed by atoms with Crippen LogP contribution in [0.1, 0.15) is 29.4 Å². The Morgan fingerprint density at radius 1 is 1.16 bits per heavy atom. The van der Waals surface area contributed by atoms with E-state index >= 15 is 0 Å². The van der Waals surface area contributed by atoms with Gasteiger partial charge in [-0.2, -0.15) is 18.2 Å². The number of likely N-dealkylation sites (tertiary alicyclic amines) is 1. The maximum absolute atomic E-state index is 13.0.